The number of hydrogen-bond donors (Lipinski definition) is 3. The fraction of sp³-hybridized carbons (Fsp3) is 0.259. The van der Waals surface area contributed by atoms with E-state index >= 15 is 0 Å². The Balaban J connectivity index is 0.000000241. The molecule has 4 aromatic rings. The summed E-state index contributed by atoms with van der Waals surface area (Å²) in [6.45, 7) is 21.0. The van der Waals surface area contributed by atoms with Crippen LogP contribution >= 0.6 is 0 Å². The Labute approximate surface area is 398 Å². The van der Waals surface area contributed by atoms with Gasteiger partial charge >= 0.3 is 11.9 Å². The highest BCUT2D eigenvalue weighted by molar-refractivity contribution is 6.09. The van der Waals surface area contributed by atoms with Gasteiger partial charge in [0.05, 0.1) is 23.3 Å². The molecular weight excluding hydrogens is 872 g/mol. The van der Waals surface area contributed by atoms with Crippen molar-refractivity contribution in [2.24, 2.45) is 0 Å². The second kappa shape index (κ2) is 22.5. The number of carboxylic acid groups (broad SMARTS) is 2. The normalized spacial score (nSPS) is 10.8. The van der Waals surface area contributed by atoms with Crippen molar-refractivity contribution in [2.75, 3.05) is 56.0 Å². The number of carbonyl (C=O) groups is 2. The fourth-order valence-corrected chi connectivity index (χ4v) is 8.77. The summed E-state index contributed by atoms with van der Waals surface area (Å²) in [6.07, 6.45) is 0. The summed E-state index contributed by atoms with van der Waals surface area (Å²) in [5, 5.41) is 27.0. The lowest BCUT2D eigenvalue weighted by Crippen LogP contribution is -3.00. The van der Waals surface area contributed by atoms with Gasteiger partial charge in [0.15, 0.2) is 0 Å². The molecule has 4 aromatic carbocycles. The number of aromatic carboxylic acids is 2. The van der Waals surface area contributed by atoms with Gasteiger partial charge in [0.25, 0.3) is 0 Å². The Morgan fingerprint density at radius 2 is 0.970 bits per heavy atom. The standard InChI is InChI=1S/C28H30N2O3.C26H26N2O3.2ClH/c1-5-29(6-2)19-13-15-23-25(17-19)33-26-18-20(30(7-3)8-4)14-16-24(26)27(23)21-11-9-10-12-22(21)28(31)32;1-4-27-17-11-13-21-23(15-17)31-24-16-18(28(5-2)6-3)12-14-22(24)25(21)19-9-7-8-10-20(19)26(29)30;;/h9-18H,5-8H2,1-4H3;7-16H,4-6H2,1-3H3,(H,29,30);2*1H. The predicted octanol–water partition coefficient (Wildman–Crippen LogP) is 4.72. The van der Waals surface area contributed by atoms with Gasteiger partial charge < -0.3 is 54.1 Å². The van der Waals surface area contributed by atoms with Crippen molar-refractivity contribution < 1.29 is 53.5 Å². The summed E-state index contributed by atoms with van der Waals surface area (Å²) < 4.78 is 17.4. The molecule has 0 fully saturated rings. The predicted molar refractivity (Wildman–Crippen MR) is 261 cm³/mol. The number of anilines is 2. The highest BCUT2D eigenvalue weighted by Gasteiger charge is 2.24. The molecule has 3 N–H and O–H groups in total. The van der Waals surface area contributed by atoms with E-state index in [9.17, 15) is 19.8 Å². The van der Waals surface area contributed by atoms with Crippen molar-refractivity contribution >= 4 is 45.3 Å². The van der Waals surface area contributed by atoms with Crippen LogP contribution in [-0.2, 0) is 0 Å². The van der Waals surface area contributed by atoms with Gasteiger partial charge in [-0.05, 0) is 108 Å². The van der Waals surface area contributed by atoms with Gasteiger partial charge in [-0.1, -0.05) is 36.4 Å². The molecular formula is C54H58Cl2N4O6. The Bertz CT molecular complexity index is 3070. The topological polar surface area (TPSA) is 122 Å². The molecule has 2 aliphatic heterocycles. The number of rotatable bonds is 13. The number of benzene rings is 6. The number of halogens is 2. The minimum Gasteiger partial charge on any atom is -1.00 e. The minimum atomic E-state index is -0.943. The molecule has 0 atom stereocenters. The van der Waals surface area contributed by atoms with E-state index in [1.807, 2.05) is 55.5 Å². The first-order valence-corrected chi connectivity index (χ1v) is 22.4. The number of nitrogens with zero attached hydrogens (tertiary/aromatic N) is 3. The van der Waals surface area contributed by atoms with E-state index in [1.54, 1.807) is 24.3 Å². The van der Waals surface area contributed by atoms with Crippen LogP contribution in [0.4, 0.5) is 11.4 Å². The monoisotopic (exact) mass is 928 g/mol. The van der Waals surface area contributed by atoms with E-state index in [2.05, 4.69) is 109 Å². The maximum atomic E-state index is 12.1. The second-order valence-electron chi connectivity index (χ2n) is 15.5. The molecule has 0 aromatic heterocycles. The zero-order chi connectivity index (χ0) is 45.5. The summed E-state index contributed by atoms with van der Waals surface area (Å²) in [6, 6.07) is 38.9. The number of fused-ring (bicyclic) bond motifs is 4. The van der Waals surface area contributed by atoms with Crippen molar-refractivity contribution in [3.63, 3.8) is 0 Å². The third kappa shape index (κ3) is 10.1. The van der Waals surface area contributed by atoms with Crippen molar-refractivity contribution in [3.05, 3.63) is 143 Å². The van der Waals surface area contributed by atoms with E-state index in [4.69, 9.17) is 8.83 Å². The summed E-state index contributed by atoms with van der Waals surface area (Å²) >= 11 is 0. The number of hydrogen-bond acceptors (Lipinski definition) is 6. The van der Waals surface area contributed by atoms with E-state index < -0.39 is 11.9 Å². The molecule has 0 bridgehead atoms. The van der Waals surface area contributed by atoms with Crippen molar-refractivity contribution in [2.45, 2.75) is 48.5 Å². The molecule has 66 heavy (non-hydrogen) atoms. The SMILES string of the molecule is CCN(CC)c1ccc2c(-c3ccccc3C(=O)O)c3ccc(=[N+](CC)CC)cc-3oc2c1.CCNc1ccc2c(-c3ccccc3C(=O)O)c3ccc(=[N+](CC)CC)cc-3oc2c1.[Cl-].[Cl-]. The van der Waals surface area contributed by atoms with Crippen molar-refractivity contribution in [1.82, 2.24) is 9.15 Å². The molecule has 2 aliphatic carbocycles. The maximum Gasteiger partial charge on any atom is 0.336 e. The van der Waals surface area contributed by atoms with Crippen molar-refractivity contribution in [1.29, 1.82) is 0 Å². The zero-order valence-corrected chi connectivity index (χ0v) is 40.1. The highest BCUT2D eigenvalue weighted by Crippen LogP contribution is 2.43. The average Bonchev–Trinajstić information content (AvgIpc) is 3.31. The average molecular weight is 930 g/mol. The Kier molecular flexibility index (Phi) is 17.2. The van der Waals surface area contributed by atoms with Gasteiger partial charge in [-0.3, -0.25) is 0 Å². The molecule has 344 valence electrons. The third-order valence-corrected chi connectivity index (χ3v) is 12.0. The van der Waals surface area contributed by atoms with E-state index in [0.29, 0.717) is 11.1 Å². The van der Waals surface area contributed by atoms with E-state index in [1.165, 1.54) is 0 Å². The molecule has 0 saturated carbocycles. The summed E-state index contributed by atoms with van der Waals surface area (Å²) in [5.41, 5.74) is 9.04. The van der Waals surface area contributed by atoms with Crippen LogP contribution in [0.5, 0.6) is 0 Å². The van der Waals surface area contributed by atoms with Crippen molar-refractivity contribution in [3.8, 4) is 44.9 Å². The Morgan fingerprint density at radius 3 is 1.39 bits per heavy atom. The lowest BCUT2D eigenvalue weighted by atomic mass is 9.90. The van der Waals surface area contributed by atoms with Crippen LogP contribution in [0.1, 0.15) is 69.2 Å². The first-order valence-electron chi connectivity index (χ1n) is 22.4. The first kappa shape index (κ1) is 50.4. The van der Waals surface area contributed by atoms with Gasteiger partial charge in [0.2, 0.25) is 10.7 Å². The summed E-state index contributed by atoms with van der Waals surface area (Å²) in [7, 11) is 0. The number of carboxylic acids is 2. The van der Waals surface area contributed by atoms with Gasteiger partial charge in [0, 0.05) is 88.3 Å². The lowest BCUT2D eigenvalue weighted by Gasteiger charge is -2.22. The molecule has 0 radical (unpaired) electrons. The molecule has 0 unspecified atom stereocenters. The van der Waals surface area contributed by atoms with Crippen LogP contribution in [0.3, 0.4) is 0 Å². The van der Waals surface area contributed by atoms with Crippen LogP contribution in [0, 0.1) is 0 Å². The molecule has 8 rings (SSSR count). The van der Waals surface area contributed by atoms with E-state index in [0.717, 1.165) is 124 Å². The van der Waals surface area contributed by atoms with Crippen LogP contribution in [0.15, 0.2) is 130 Å². The van der Waals surface area contributed by atoms with Crippen LogP contribution in [-0.4, -0.2) is 68.0 Å². The lowest BCUT2D eigenvalue weighted by molar-refractivity contribution is -0.00100. The van der Waals surface area contributed by atoms with Crippen LogP contribution in [0.2, 0.25) is 0 Å². The second-order valence-corrected chi connectivity index (χ2v) is 15.5. The third-order valence-electron chi connectivity index (χ3n) is 12.0. The van der Waals surface area contributed by atoms with Gasteiger partial charge in [-0.2, -0.15) is 0 Å². The van der Waals surface area contributed by atoms with E-state index in [-0.39, 0.29) is 35.9 Å². The minimum absolute atomic E-state index is 0. The van der Waals surface area contributed by atoms with Gasteiger partial charge in [0.1, 0.15) is 48.9 Å². The van der Waals surface area contributed by atoms with Crippen LogP contribution < -0.4 is 54.9 Å². The smallest absolute Gasteiger partial charge is 0.336 e. The molecule has 12 heteroatoms. The summed E-state index contributed by atoms with van der Waals surface area (Å²) in [5.74, 6) is -0.395. The molecule has 0 saturated heterocycles. The Hall–Kier alpha value is -6.62. The largest absolute Gasteiger partial charge is 1.00 e. The molecule has 10 nitrogen and oxygen atoms in total. The van der Waals surface area contributed by atoms with Gasteiger partial charge in [-0.15, -0.1) is 0 Å². The first-order chi connectivity index (χ1) is 31.1. The quantitative estimate of drug-likeness (QED) is 0.112. The fourth-order valence-electron chi connectivity index (χ4n) is 8.77. The van der Waals surface area contributed by atoms with Crippen LogP contribution in [0.25, 0.3) is 66.8 Å². The Morgan fingerprint density at radius 1 is 0.530 bits per heavy atom. The molecule has 2 heterocycles. The highest BCUT2D eigenvalue weighted by atomic mass is 35.5. The maximum absolute atomic E-state index is 12.1. The van der Waals surface area contributed by atoms with Gasteiger partial charge in [-0.25, -0.2) is 18.7 Å². The summed E-state index contributed by atoms with van der Waals surface area (Å²) in [4.78, 5) is 26.3. The molecule has 4 aliphatic rings. The number of nitrogens with one attached hydrogen (secondary N) is 1. The molecule has 0 spiro atoms. The molecule has 0 amide bonds. The zero-order valence-electron chi connectivity index (χ0n) is 38.6.